The van der Waals surface area contributed by atoms with Gasteiger partial charge in [-0.15, -0.1) is 4.68 Å². The topological polar surface area (TPSA) is 85.7 Å². The first-order valence-electron chi connectivity index (χ1n) is 10.2. The molecule has 0 radical (unpaired) electrons. The number of H-pyrrole nitrogens is 1. The highest BCUT2D eigenvalue weighted by Gasteiger charge is 2.13. The smallest absolute Gasteiger partial charge is 0.349 e. The number of nitrogens with one attached hydrogen (secondary N) is 1. The molecular weight excluding hydrogens is 592 g/mol. The number of para-hydroxylation sites is 1. The van der Waals surface area contributed by atoms with Crippen LogP contribution in [0.15, 0.2) is 69.3 Å². The first-order chi connectivity index (χ1) is 16.4. The molecule has 4 aromatic rings. The van der Waals surface area contributed by atoms with Crippen LogP contribution in [0.4, 0.5) is 0 Å². The summed E-state index contributed by atoms with van der Waals surface area (Å²) in [6.07, 6.45) is 1.43. The van der Waals surface area contributed by atoms with Crippen molar-refractivity contribution in [2.45, 2.75) is 13.5 Å². The molecule has 1 heterocycles. The average molecular weight is 610 g/mol. The maximum Gasteiger partial charge on any atom is 0.349 e. The van der Waals surface area contributed by atoms with Crippen molar-refractivity contribution in [3.05, 3.63) is 100 Å². The molecule has 34 heavy (non-hydrogen) atoms. The Morgan fingerprint density at radius 3 is 2.62 bits per heavy atom. The summed E-state index contributed by atoms with van der Waals surface area (Å²) in [6, 6.07) is 15.6. The Hall–Kier alpha value is -2.82. The summed E-state index contributed by atoms with van der Waals surface area (Å²) in [5.74, 6) is 1.07. The average Bonchev–Trinajstić information content (AvgIpc) is 2.81. The summed E-state index contributed by atoms with van der Waals surface area (Å²) < 4.78 is 13.4. The number of fused-ring (bicyclic) bond motifs is 1. The van der Waals surface area contributed by atoms with Crippen LogP contribution in [0.5, 0.6) is 11.5 Å². The number of aromatic nitrogens is 2. The van der Waals surface area contributed by atoms with Crippen molar-refractivity contribution in [3.63, 3.8) is 0 Å². The van der Waals surface area contributed by atoms with Crippen molar-refractivity contribution in [2.75, 3.05) is 6.61 Å². The zero-order valence-corrected chi connectivity index (χ0v) is 21.5. The molecule has 0 saturated heterocycles. The molecule has 4 rings (SSSR count). The molecule has 0 spiro atoms. The van der Waals surface area contributed by atoms with Gasteiger partial charge in [0.15, 0.2) is 11.5 Å². The highest BCUT2D eigenvalue weighted by Crippen LogP contribution is 2.35. The van der Waals surface area contributed by atoms with Crippen LogP contribution in [0.3, 0.4) is 0 Å². The van der Waals surface area contributed by atoms with E-state index >= 15 is 0 Å². The van der Waals surface area contributed by atoms with Crippen LogP contribution < -0.4 is 20.7 Å². The number of halogens is 3. The highest BCUT2D eigenvalue weighted by molar-refractivity contribution is 14.1. The van der Waals surface area contributed by atoms with Gasteiger partial charge in [0.25, 0.3) is 5.56 Å². The second-order valence-corrected chi connectivity index (χ2v) is 9.11. The Kier molecular flexibility index (Phi) is 7.60. The van der Waals surface area contributed by atoms with Gasteiger partial charge in [0, 0.05) is 0 Å². The highest BCUT2D eigenvalue weighted by atomic mass is 127. The van der Waals surface area contributed by atoms with Crippen molar-refractivity contribution in [1.82, 2.24) is 9.66 Å². The Morgan fingerprint density at radius 1 is 1.06 bits per heavy atom. The number of rotatable bonds is 7. The van der Waals surface area contributed by atoms with Gasteiger partial charge in [-0.2, -0.15) is 5.10 Å². The standard InChI is InChI=1S/C24H18Cl2IN3O4/c1-2-33-21-11-15(10-19(27)22(21)34-13-14-7-8-17(25)18(26)9-14)12-28-30-23(31)16-5-3-4-6-20(16)29-24(30)32/h3-12H,2,13H2,1H3,(H,29,32). The second-order valence-electron chi connectivity index (χ2n) is 7.14. The molecule has 3 aromatic carbocycles. The zero-order chi connectivity index (χ0) is 24.2. The van der Waals surface area contributed by atoms with E-state index in [4.69, 9.17) is 32.7 Å². The van der Waals surface area contributed by atoms with Crippen molar-refractivity contribution in [1.29, 1.82) is 0 Å². The Labute approximate surface area is 218 Å². The van der Waals surface area contributed by atoms with Gasteiger partial charge in [-0.3, -0.25) is 4.79 Å². The predicted molar refractivity (Wildman–Crippen MR) is 143 cm³/mol. The Balaban J connectivity index is 1.64. The normalized spacial score (nSPS) is 11.3. The van der Waals surface area contributed by atoms with E-state index in [1.165, 1.54) is 6.21 Å². The van der Waals surface area contributed by atoms with Crippen LogP contribution in [0.1, 0.15) is 18.1 Å². The predicted octanol–water partition coefficient (Wildman–Crippen LogP) is 5.46. The minimum atomic E-state index is -0.624. The maximum absolute atomic E-state index is 12.7. The monoisotopic (exact) mass is 609 g/mol. The molecule has 174 valence electrons. The lowest BCUT2D eigenvalue weighted by atomic mass is 10.2. The zero-order valence-electron chi connectivity index (χ0n) is 17.8. The van der Waals surface area contributed by atoms with Gasteiger partial charge in [0.05, 0.1) is 37.3 Å². The fraction of sp³-hybridized carbons (Fsp3) is 0.125. The van der Waals surface area contributed by atoms with E-state index in [9.17, 15) is 9.59 Å². The van der Waals surface area contributed by atoms with E-state index in [1.54, 1.807) is 42.5 Å². The molecule has 0 saturated carbocycles. The largest absolute Gasteiger partial charge is 0.490 e. The molecule has 0 aliphatic carbocycles. The van der Waals surface area contributed by atoms with E-state index < -0.39 is 11.2 Å². The number of ether oxygens (including phenoxy) is 2. The summed E-state index contributed by atoms with van der Waals surface area (Å²) in [6.45, 7) is 2.55. The molecule has 0 aliphatic heterocycles. The molecule has 0 fully saturated rings. The van der Waals surface area contributed by atoms with E-state index in [2.05, 4.69) is 32.7 Å². The fourth-order valence-electron chi connectivity index (χ4n) is 3.23. The first kappa shape index (κ1) is 24.3. The molecule has 0 aliphatic rings. The molecule has 0 unspecified atom stereocenters. The maximum atomic E-state index is 12.7. The fourth-order valence-corrected chi connectivity index (χ4v) is 4.33. The number of benzene rings is 3. The molecule has 10 heteroatoms. The summed E-state index contributed by atoms with van der Waals surface area (Å²) >= 11 is 14.2. The third kappa shape index (κ3) is 5.29. The molecule has 1 aromatic heterocycles. The first-order valence-corrected chi connectivity index (χ1v) is 12.0. The van der Waals surface area contributed by atoms with Crippen molar-refractivity contribution < 1.29 is 9.47 Å². The van der Waals surface area contributed by atoms with Crippen molar-refractivity contribution in [2.24, 2.45) is 5.10 Å². The van der Waals surface area contributed by atoms with Crippen LogP contribution in [-0.4, -0.2) is 22.5 Å². The van der Waals surface area contributed by atoms with Crippen LogP contribution >= 0.6 is 45.8 Å². The summed E-state index contributed by atoms with van der Waals surface area (Å²) in [7, 11) is 0. The Morgan fingerprint density at radius 2 is 1.85 bits per heavy atom. The second kappa shape index (κ2) is 10.6. The van der Waals surface area contributed by atoms with Gasteiger partial charge in [0.2, 0.25) is 0 Å². The third-order valence-corrected chi connectivity index (χ3v) is 6.35. The Bertz CT molecular complexity index is 1510. The SMILES string of the molecule is CCOc1cc(C=Nn2c(=O)[nH]c3ccccc3c2=O)cc(I)c1OCc1ccc(Cl)c(Cl)c1. The molecule has 0 atom stereocenters. The van der Waals surface area contributed by atoms with E-state index in [-0.39, 0.29) is 6.61 Å². The van der Waals surface area contributed by atoms with Gasteiger partial charge in [-0.05, 0) is 77.0 Å². The van der Waals surface area contributed by atoms with Gasteiger partial charge in [0.1, 0.15) is 6.61 Å². The number of nitrogens with zero attached hydrogens (tertiary/aromatic N) is 2. The van der Waals surface area contributed by atoms with Crippen LogP contribution in [0.25, 0.3) is 10.9 Å². The molecular formula is C24H18Cl2IN3O4. The number of aromatic amines is 1. The minimum absolute atomic E-state index is 0.266. The van der Waals surface area contributed by atoms with Gasteiger partial charge in [-0.25, -0.2) is 4.79 Å². The van der Waals surface area contributed by atoms with Crippen LogP contribution in [0.2, 0.25) is 10.0 Å². The molecule has 0 amide bonds. The lowest BCUT2D eigenvalue weighted by Crippen LogP contribution is -2.32. The third-order valence-electron chi connectivity index (χ3n) is 4.80. The summed E-state index contributed by atoms with van der Waals surface area (Å²) in [5.41, 5.74) is 0.821. The van der Waals surface area contributed by atoms with Gasteiger partial charge in [-0.1, -0.05) is 41.4 Å². The van der Waals surface area contributed by atoms with Gasteiger partial charge >= 0.3 is 5.69 Å². The van der Waals surface area contributed by atoms with Crippen LogP contribution in [-0.2, 0) is 6.61 Å². The quantitative estimate of drug-likeness (QED) is 0.223. The number of hydrogen-bond acceptors (Lipinski definition) is 5. The van der Waals surface area contributed by atoms with E-state index in [1.807, 2.05) is 19.1 Å². The lowest BCUT2D eigenvalue weighted by molar-refractivity contribution is 0.267. The van der Waals surface area contributed by atoms with Crippen molar-refractivity contribution >= 4 is 62.9 Å². The summed E-state index contributed by atoms with van der Waals surface area (Å²) in [5, 5.41) is 5.41. The molecule has 0 bridgehead atoms. The summed E-state index contributed by atoms with van der Waals surface area (Å²) in [4.78, 5) is 27.7. The minimum Gasteiger partial charge on any atom is -0.490 e. The van der Waals surface area contributed by atoms with Crippen LogP contribution in [0, 0.1) is 3.57 Å². The van der Waals surface area contributed by atoms with E-state index in [0.29, 0.717) is 44.6 Å². The van der Waals surface area contributed by atoms with E-state index in [0.717, 1.165) is 13.8 Å². The number of hydrogen-bond donors (Lipinski definition) is 1. The molecule has 7 nitrogen and oxygen atoms in total. The van der Waals surface area contributed by atoms with Gasteiger partial charge < -0.3 is 14.5 Å². The lowest BCUT2D eigenvalue weighted by Gasteiger charge is -2.15. The molecule has 1 N–H and O–H groups in total. The van der Waals surface area contributed by atoms with Crippen molar-refractivity contribution in [3.8, 4) is 11.5 Å².